The maximum absolute atomic E-state index is 13.7. The predicted molar refractivity (Wildman–Crippen MR) is 90.0 cm³/mol. The standard InChI is InChI=1S/C16H13ClFN3O3S/c17-12-6-2-4-8-14(12)25(22,23)19-10-9-15-20-21-16(24-15)11-5-1-3-7-13(11)18/h1-8,19H,9-10H2. The molecular formula is C16H13ClFN3O3S. The van der Waals surface area contributed by atoms with E-state index in [0.717, 1.165) is 0 Å². The second-order valence-corrected chi connectivity index (χ2v) is 7.20. The van der Waals surface area contributed by atoms with Gasteiger partial charge in [0.1, 0.15) is 10.7 Å². The van der Waals surface area contributed by atoms with Gasteiger partial charge >= 0.3 is 0 Å². The van der Waals surface area contributed by atoms with Crippen LogP contribution in [0.1, 0.15) is 5.89 Å². The van der Waals surface area contributed by atoms with Crippen molar-refractivity contribution in [2.45, 2.75) is 11.3 Å². The Hall–Kier alpha value is -2.29. The van der Waals surface area contributed by atoms with Gasteiger partial charge in [-0.3, -0.25) is 0 Å². The first-order valence-electron chi connectivity index (χ1n) is 7.29. The van der Waals surface area contributed by atoms with Gasteiger partial charge in [-0.15, -0.1) is 10.2 Å². The lowest BCUT2D eigenvalue weighted by atomic mass is 10.2. The number of hydrogen-bond donors (Lipinski definition) is 1. The normalized spacial score (nSPS) is 11.6. The van der Waals surface area contributed by atoms with Gasteiger partial charge in [-0.25, -0.2) is 17.5 Å². The van der Waals surface area contributed by atoms with Crippen LogP contribution in [-0.4, -0.2) is 25.2 Å². The van der Waals surface area contributed by atoms with Crippen LogP contribution in [0.15, 0.2) is 57.8 Å². The summed E-state index contributed by atoms with van der Waals surface area (Å²) in [5.74, 6) is -0.237. The third-order valence-electron chi connectivity index (χ3n) is 3.33. The Morgan fingerprint density at radius 3 is 2.56 bits per heavy atom. The van der Waals surface area contributed by atoms with E-state index in [2.05, 4.69) is 14.9 Å². The van der Waals surface area contributed by atoms with Crippen LogP contribution in [0, 0.1) is 5.82 Å². The fraction of sp³-hybridized carbons (Fsp3) is 0.125. The number of hydrogen-bond acceptors (Lipinski definition) is 5. The summed E-state index contributed by atoms with van der Waals surface area (Å²) in [5.41, 5.74) is 0.192. The van der Waals surface area contributed by atoms with Gasteiger partial charge in [0.05, 0.1) is 10.6 Å². The van der Waals surface area contributed by atoms with E-state index in [9.17, 15) is 12.8 Å². The Morgan fingerprint density at radius 2 is 1.80 bits per heavy atom. The van der Waals surface area contributed by atoms with Crippen molar-refractivity contribution < 1.29 is 17.2 Å². The van der Waals surface area contributed by atoms with E-state index in [-0.39, 0.29) is 40.2 Å². The van der Waals surface area contributed by atoms with Crippen LogP contribution >= 0.6 is 11.6 Å². The van der Waals surface area contributed by atoms with Gasteiger partial charge in [0.2, 0.25) is 15.9 Å². The Labute approximate surface area is 148 Å². The highest BCUT2D eigenvalue weighted by Crippen LogP contribution is 2.22. The molecule has 0 bridgehead atoms. The summed E-state index contributed by atoms with van der Waals surface area (Å²) in [4.78, 5) is -0.00533. The Bertz CT molecular complexity index is 992. The molecule has 25 heavy (non-hydrogen) atoms. The van der Waals surface area contributed by atoms with Crippen LogP contribution in [0.25, 0.3) is 11.5 Å². The first-order chi connectivity index (χ1) is 12.0. The number of nitrogens with zero attached hydrogens (tertiary/aromatic N) is 2. The maximum atomic E-state index is 13.7. The molecule has 0 aliphatic carbocycles. The molecule has 3 rings (SSSR count). The number of halogens is 2. The second-order valence-electron chi connectivity index (χ2n) is 5.06. The Morgan fingerprint density at radius 1 is 1.08 bits per heavy atom. The van der Waals surface area contributed by atoms with E-state index in [1.165, 1.54) is 24.3 Å². The number of sulfonamides is 1. The van der Waals surface area contributed by atoms with E-state index < -0.39 is 15.8 Å². The van der Waals surface area contributed by atoms with E-state index >= 15 is 0 Å². The molecule has 0 unspecified atom stereocenters. The van der Waals surface area contributed by atoms with Crippen molar-refractivity contribution >= 4 is 21.6 Å². The first-order valence-corrected chi connectivity index (χ1v) is 9.15. The second kappa shape index (κ2) is 7.30. The Kier molecular flexibility index (Phi) is 5.12. The Balaban J connectivity index is 1.65. The largest absolute Gasteiger partial charge is 0.421 e. The van der Waals surface area contributed by atoms with Crippen molar-refractivity contribution in [2.24, 2.45) is 0 Å². The molecule has 1 aromatic heterocycles. The van der Waals surface area contributed by atoms with Crippen LogP contribution in [0.2, 0.25) is 5.02 Å². The van der Waals surface area contributed by atoms with Gasteiger partial charge in [-0.05, 0) is 24.3 Å². The lowest BCUT2D eigenvalue weighted by Crippen LogP contribution is -2.26. The molecule has 0 aliphatic heterocycles. The van der Waals surface area contributed by atoms with E-state index in [1.807, 2.05) is 0 Å². The van der Waals surface area contributed by atoms with Gasteiger partial charge in [0.25, 0.3) is 5.89 Å². The summed E-state index contributed by atoms with van der Waals surface area (Å²) < 4.78 is 45.9. The predicted octanol–water partition coefficient (Wildman–Crippen LogP) is 3.05. The molecule has 2 aromatic carbocycles. The number of aromatic nitrogens is 2. The van der Waals surface area contributed by atoms with Crippen LogP contribution in [0.3, 0.4) is 0 Å². The molecule has 0 atom stereocenters. The minimum Gasteiger partial charge on any atom is -0.421 e. The van der Waals surface area contributed by atoms with E-state index in [0.29, 0.717) is 0 Å². The molecule has 0 saturated carbocycles. The zero-order valence-electron chi connectivity index (χ0n) is 12.8. The van der Waals surface area contributed by atoms with Crippen molar-refractivity contribution in [1.82, 2.24) is 14.9 Å². The molecule has 0 spiro atoms. The average molecular weight is 382 g/mol. The number of rotatable bonds is 6. The highest BCUT2D eigenvalue weighted by atomic mass is 35.5. The van der Waals surface area contributed by atoms with Gasteiger partial charge in [-0.2, -0.15) is 0 Å². The summed E-state index contributed by atoms with van der Waals surface area (Å²) in [6.07, 6.45) is 0.158. The van der Waals surface area contributed by atoms with Crippen molar-refractivity contribution in [2.75, 3.05) is 6.54 Å². The number of benzene rings is 2. The monoisotopic (exact) mass is 381 g/mol. The molecule has 1 heterocycles. The summed E-state index contributed by atoms with van der Waals surface area (Å²) in [7, 11) is -3.74. The molecule has 0 fully saturated rings. The first kappa shape index (κ1) is 17.5. The minimum atomic E-state index is -3.74. The maximum Gasteiger partial charge on any atom is 0.250 e. The van der Waals surface area contributed by atoms with Crippen molar-refractivity contribution in [1.29, 1.82) is 0 Å². The molecule has 0 saturated heterocycles. The molecular weight excluding hydrogens is 369 g/mol. The lowest BCUT2D eigenvalue weighted by molar-refractivity contribution is 0.498. The summed E-state index contributed by atoms with van der Waals surface area (Å²) in [5, 5.41) is 7.71. The zero-order valence-corrected chi connectivity index (χ0v) is 14.4. The minimum absolute atomic E-state index is 0.00533. The fourth-order valence-corrected chi connectivity index (χ4v) is 3.68. The molecule has 130 valence electrons. The van der Waals surface area contributed by atoms with Crippen molar-refractivity contribution in [3.8, 4) is 11.5 Å². The molecule has 6 nitrogen and oxygen atoms in total. The summed E-state index contributed by atoms with van der Waals surface area (Å²) >= 11 is 5.90. The van der Waals surface area contributed by atoms with Crippen LogP contribution in [-0.2, 0) is 16.4 Å². The van der Waals surface area contributed by atoms with E-state index in [4.69, 9.17) is 16.0 Å². The van der Waals surface area contributed by atoms with Crippen LogP contribution in [0.5, 0.6) is 0 Å². The fourth-order valence-electron chi connectivity index (χ4n) is 2.13. The van der Waals surface area contributed by atoms with Gasteiger partial charge in [0.15, 0.2) is 0 Å². The van der Waals surface area contributed by atoms with Crippen LogP contribution in [0.4, 0.5) is 4.39 Å². The van der Waals surface area contributed by atoms with Crippen molar-refractivity contribution in [3.63, 3.8) is 0 Å². The zero-order chi connectivity index (χ0) is 17.9. The topological polar surface area (TPSA) is 85.1 Å². The highest BCUT2D eigenvalue weighted by Gasteiger charge is 2.18. The molecule has 0 aliphatic rings. The quantitative estimate of drug-likeness (QED) is 0.709. The smallest absolute Gasteiger partial charge is 0.250 e. The third-order valence-corrected chi connectivity index (χ3v) is 5.29. The third kappa shape index (κ3) is 4.04. The van der Waals surface area contributed by atoms with Gasteiger partial charge in [0, 0.05) is 13.0 Å². The highest BCUT2D eigenvalue weighted by molar-refractivity contribution is 7.89. The summed E-state index contributed by atoms with van der Waals surface area (Å²) in [6, 6.07) is 12.1. The van der Waals surface area contributed by atoms with E-state index in [1.54, 1.807) is 24.3 Å². The molecule has 9 heteroatoms. The van der Waals surface area contributed by atoms with Gasteiger partial charge < -0.3 is 4.42 Å². The SMILES string of the molecule is O=S(=O)(NCCc1nnc(-c2ccccc2F)o1)c1ccccc1Cl. The van der Waals surface area contributed by atoms with Crippen molar-refractivity contribution in [3.05, 3.63) is 65.3 Å². The van der Waals surface area contributed by atoms with Gasteiger partial charge in [-0.1, -0.05) is 35.9 Å². The summed E-state index contributed by atoms with van der Waals surface area (Å²) in [6.45, 7) is 0.0342. The van der Waals surface area contributed by atoms with Crippen LogP contribution < -0.4 is 4.72 Å². The average Bonchev–Trinajstić information content (AvgIpc) is 3.04. The molecule has 1 N–H and O–H groups in total. The molecule has 3 aromatic rings. The lowest BCUT2D eigenvalue weighted by Gasteiger charge is -2.06. The number of nitrogens with one attached hydrogen (secondary N) is 1. The molecule has 0 radical (unpaired) electrons. The molecule has 0 amide bonds.